The summed E-state index contributed by atoms with van der Waals surface area (Å²) in [5.74, 6) is 1.28. The van der Waals surface area contributed by atoms with Crippen molar-refractivity contribution in [1.82, 2.24) is 19.5 Å². The third-order valence-electron chi connectivity index (χ3n) is 4.76. The zero-order valence-corrected chi connectivity index (χ0v) is 15.9. The van der Waals surface area contributed by atoms with Gasteiger partial charge in [-0.1, -0.05) is 0 Å². The molecule has 28 heavy (non-hydrogen) atoms. The normalized spacial score (nSPS) is 11.6. The number of benzene rings is 1. The van der Waals surface area contributed by atoms with Crippen LogP contribution >= 0.6 is 0 Å². The van der Waals surface area contributed by atoms with E-state index in [0.29, 0.717) is 11.4 Å². The highest BCUT2D eigenvalue weighted by Gasteiger charge is 2.13. The van der Waals surface area contributed by atoms with Gasteiger partial charge >= 0.3 is 0 Å². The van der Waals surface area contributed by atoms with Crippen LogP contribution in [-0.2, 0) is 0 Å². The smallest absolute Gasteiger partial charge is 0.149 e. The second kappa shape index (κ2) is 7.05. The summed E-state index contributed by atoms with van der Waals surface area (Å²) in [5, 5.41) is 9.73. The Morgan fingerprint density at radius 3 is 2.68 bits per heavy atom. The van der Waals surface area contributed by atoms with E-state index in [0.717, 1.165) is 39.4 Å². The van der Waals surface area contributed by atoms with E-state index < -0.39 is 0 Å². The molecule has 0 atom stereocenters. The van der Waals surface area contributed by atoms with E-state index in [1.807, 2.05) is 50.3 Å². The van der Waals surface area contributed by atoms with Gasteiger partial charge in [-0.3, -0.25) is 4.98 Å². The van der Waals surface area contributed by atoms with Gasteiger partial charge in [0, 0.05) is 35.5 Å². The third-order valence-corrected chi connectivity index (χ3v) is 4.76. The van der Waals surface area contributed by atoms with Crippen LogP contribution in [0.15, 0.2) is 48.8 Å². The van der Waals surface area contributed by atoms with E-state index >= 15 is 0 Å². The molecule has 3 aromatic heterocycles. The predicted molar refractivity (Wildman–Crippen MR) is 109 cm³/mol. The fourth-order valence-electron chi connectivity index (χ4n) is 3.38. The molecule has 6 heteroatoms. The Kier molecular flexibility index (Phi) is 4.42. The van der Waals surface area contributed by atoms with E-state index in [1.165, 1.54) is 0 Å². The second-order valence-electron chi connectivity index (χ2n) is 6.51. The first-order chi connectivity index (χ1) is 13.6. The van der Waals surface area contributed by atoms with Crippen LogP contribution in [0.3, 0.4) is 0 Å². The minimum Gasteiger partial charge on any atom is -0.497 e. The largest absolute Gasteiger partial charge is 0.497 e. The fraction of sp³-hybridized carbons (Fsp3) is 0.136. The molecule has 0 spiro atoms. The van der Waals surface area contributed by atoms with Crippen LogP contribution in [-0.4, -0.2) is 26.6 Å². The molecule has 0 aliphatic heterocycles. The molecule has 0 aliphatic rings. The lowest BCUT2D eigenvalue weighted by molar-refractivity contribution is 0.415. The molecule has 0 fully saturated rings. The summed E-state index contributed by atoms with van der Waals surface area (Å²) in [6, 6.07) is 13.9. The zero-order valence-electron chi connectivity index (χ0n) is 15.9. The number of ether oxygens (including phenoxy) is 1. The molecule has 1 N–H and O–H groups in total. The van der Waals surface area contributed by atoms with Crippen LogP contribution in [0.4, 0.5) is 0 Å². The van der Waals surface area contributed by atoms with Crippen molar-refractivity contribution in [3.8, 4) is 17.5 Å². The fourth-order valence-corrected chi connectivity index (χ4v) is 3.38. The average molecular weight is 369 g/mol. The van der Waals surface area contributed by atoms with Crippen LogP contribution in [0, 0.1) is 25.2 Å². The molecule has 0 saturated carbocycles. The zero-order chi connectivity index (χ0) is 19.7. The van der Waals surface area contributed by atoms with Gasteiger partial charge in [0.25, 0.3) is 0 Å². The van der Waals surface area contributed by atoms with Crippen molar-refractivity contribution in [2.75, 3.05) is 7.11 Å². The molecular formula is C22H19N5O. The van der Waals surface area contributed by atoms with Crippen molar-refractivity contribution in [3.63, 3.8) is 0 Å². The summed E-state index contributed by atoms with van der Waals surface area (Å²) in [4.78, 5) is 11.9. The molecule has 0 bridgehead atoms. The van der Waals surface area contributed by atoms with Crippen LogP contribution in [0.5, 0.6) is 5.75 Å². The molecule has 3 heterocycles. The summed E-state index contributed by atoms with van der Waals surface area (Å²) < 4.78 is 7.40. The number of aryl methyl sites for hydroxylation is 1. The van der Waals surface area contributed by atoms with E-state index in [-0.39, 0.29) is 0 Å². The molecule has 0 amide bonds. The Bertz CT molecular complexity index is 1230. The highest BCUT2D eigenvalue weighted by Crippen LogP contribution is 2.26. The molecule has 1 aromatic carbocycles. The minimum atomic E-state index is 0.477. The quantitative estimate of drug-likeness (QED) is 0.539. The van der Waals surface area contributed by atoms with Crippen molar-refractivity contribution >= 4 is 22.7 Å². The summed E-state index contributed by atoms with van der Waals surface area (Å²) in [6.07, 6.45) is 5.41. The van der Waals surface area contributed by atoms with E-state index in [9.17, 15) is 5.26 Å². The monoisotopic (exact) mass is 369 g/mol. The molecule has 138 valence electrons. The summed E-state index contributed by atoms with van der Waals surface area (Å²) in [5.41, 5.74) is 6.25. The van der Waals surface area contributed by atoms with Crippen molar-refractivity contribution in [2.24, 2.45) is 0 Å². The number of hydrogen-bond acceptors (Lipinski definition) is 4. The number of nitrogens with zero attached hydrogens (tertiary/aromatic N) is 4. The van der Waals surface area contributed by atoms with E-state index in [2.05, 4.69) is 31.7 Å². The lowest BCUT2D eigenvalue weighted by atomic mass is 10.1. The number of aromatic nitrogens is 4. The SMILES string of the molecule is COc1ccc2nc(/C(C#N)=C\c3cc(C)n(-c4ccncc4)c3C)[nH]c2c1. The van der Waals surface area contributed by atoms with Crippen molar-refractivity contribution < 1.29 is 4.74 Å². The van der Waals surface area contributed by atoms with Crippen LogP contribution in [0.25, 0.3) is 28.4 Å². The number of rotatable bonds is 4. The number of allylic oxidation sites excluding steroid dienone is 1. The maximum atomic E-state index is 9.73. The number of hydrogen-bond donors (Lipinski definition) is 1. The molecular weight excluding hydrogens is 350 g/mol. The maximum Gasteiger partial charge on any atom is 0.149 e. The van der Waals surface area contributed by atoms with Gasteiger partial charge in [0.1, 0.15) is 17.6 Å². The maximum absolute atomic E-state index is 9.73. The van der Waals surface area contributed by atoms with Gasteiger partial charge in [0.05, 0.1) is 23.7 Å². The van der Waals surface area contributed by atoms with Crippen LogP contribution < -0.4 is 4.74 Å². The number of imidazole rings is 1. The Balaban J connectivity index is 1.78. The van der Waals surface area contributed by atoms with Gasteiger partial charge in [0.2, 0.25) is 0 Å². The topological polar surface area (TPSA) is 79.5 Å². The molecule has 4 rings (SSSR count). The number of aromatic amines is 1. The summed E-state index contributed by atoms with van der Waals surface area (Å²) >= 11 is 0. The van der Waals surface area contributed by atoms with Crippen LogP contribution in [0.1, 0.15) is 22.8 Å². The number of nitrogens with one attached hydrogen (secondary N) is 1. The Hall–Kier alpha value is -3.85. The lowest BCUT2D eigenvalue weighted by Crippen LogP contribution is -1.98. The van der Waals surface area contributed by atoms with Crippen molar-refractivity contribution in [1.29, 1.82) is 5.26 Å². The van der Waals surface area contributed by atoms with E-state index in [1.54, 1.807) is 19.5 Å². The Labute approximate surface area is 162 Å². The van der Waals surface area contributed by atoms with Gasteiger partial charge in [-0.2, -0.15) is 5.26 Å². The number of nitriles is 1. The van der Waals surface area contributed by atoms with Gasteiger partial charge in [-0.15, -0.1) is 0 Å². The molecule has 0 radical (unpaired) electrons. The highest BCUT2D eigenvalue weighted by atomic mass is 16.5. The first-order valence-electron chi connectivity index (χ1n) is 8.86. The molecule has 6 nitrogen and oxygen atoms in total. The van der Waals surface area contributed by atoms with Crippen molar-refractivity contribution in [3.05, 3.63) is 71.6 Å². The molecule has 4 aromatic rings. The number of H-pyrrole nitrogens is 1. The number of fused-ring (bicyclic) bond motifs is 1. The molecule has 0 aliphatic carbocycles. The Morgan fingerprint density at radius 1 is 1.18 bits per heavy atom. The first-order valence-corrected chi connectivity index (χ1v) is 8.86. The summed E-state index contributed by atoms with van der Waals surface area (Å²) in [6.45, 7) is 4.09. The first kappa shape index (κ1) is 17.6. The highest BCUT2D eigenvalue weighted by molar-refractivity contribution is 5.91. The summed E-state index contributed by atoms with van der Waals surface area (Å²) in [7, 11) is 1.62. The van der Waals surface area contributed by atoms with Gasteiger partial charge in [-0.05, 0) is 55.8 Å². The van der Waals surface area contributed by atoms with Gasteiger partial charge in [0.15, 0.2) is 0 Å². The van der Waals surface area contributed by atoms with Crippen LogP contribution in [0.2, 0.25) is 0 Å². The van der Waals surface area contributed by atoms with Gasteiger partial charge in [-0.25, -0.2) is 4.98 Å². The second-order valence-corrected chi connectivity index (χ2v) is 6.51. The van der Waals surface area contributed by atoms with Crippen molar-refractivity contribution in [2.45, 2.75) is 13.8 Å². The molecule has 0 unspecified atom stereocenters. The average Bonchev–Trinajstić information content (AvgIpc) is 3.26. The van der Waals surface area contributed by atoms with E-state index in [4.69, 9.17) is 4.74 Å². The molecule has 0 saturated heterocycles. The number of pyridine rings is 1. The third kappa shape index (κ3) is 3.03. The lowest BCUT2D eigenvalue weighted by Gasteiger charge is -2.08. The number of methoxy groups -OCH3 is 1. The predicted octanol–water partition coefficient (Wildman–Crippen LogP) is 4.44. The minimum absolute atomic E-state index is 0.477. The Morgan fingerprint density at radius 2 is 1.96 bits per heavy atom. The standard InChI is InChI=1S/C22H19N5O/c1-14-10-16(15(2)27(14)18-6-8-24-9-7-18)11-17(13-23)22-25-20-5-4-19(28-3)12-21(20)26-22/h4-12H,1-3H3,(H,25,26)/b17-11-. The van der Waals surface area contributed by atoms with Gasteiger partial charge < -0.3 is 14.3 Å².